The zero-order valence-corrected chi connectivity index (χ0v) is 8.92. The molecule has 0 aromatic carbocycles. The molecule has 1 unspecified atom stereocenters. The third-order valence-corrected chi connectivity index (χ3v) is 1.48. The quantitative estimate of drug-likeness (QED) is 0.654. The highest BCUT2D eigenvalue weighted by Crippen LogP contribution is 2.04. The van der Waals surface area contributed by atoms with Crippen LogP contribution in [0.2, 0.25) is 0 Å². The molecule has 13 heavy (non-hydrogen) atoms. The van der Waals surface area contributed by atoms with Crippen LogP contribution < -0.4 is 0 Å². The SMILES string of the molecule is CC(=O)O.CCCCCCC(C)O. The highest BCUT2D eigenvalue weighted by Gasteiger charge is 1.93. The van der Waals surface area contributed by atoms with Crippen LogP contribution in [0.15, 0.2) is 0 Å². The number of carbonyl (C=O) groups is 1. The van der Waals surface area contributed by atoms with E-state index in [2.05, 4.69) is 6.92 Å². The van der Waals surface area contributed by atoms with E-state index in [4.69, 9.17) is 15.0 Å². The summed E-state index contributed by atoms with van der Waals surface area (Å²) < 4.78 is 0. The lowest BCUT2D eigenvalue weighted by atomic mass is 10.1. The molecule has 3 heteroatoms. The molecule has 0 amide bonds. The van der Waals surface area contributed by atoms with E-state index in [9.17, 15) is 0 Å². The van der Waals surface area contributed by atoms with E-state index in [0.717, 1.165) is 13.3 Å². The maximum atomic E-state index is 9.00. The summed E-state index contributed by atoms with van der Waals surface area (Å²) >= 11 is 0. The van der Waals surface area contributed by atoms with Gasteiger partial charge in [0.2, 0.25) is 0 Å². The molecule has 0 saturated heterocycles. The zero-order chi connectivity index (χ0) is 10.7. The van der Waals surface area contributed by atoms with Crippen LogP contribution in [-0.2, 0) is 4.79 Å². The Labute approximate surface area is 80.8 Å². The first-order chi connectivity index (χ1) is 6.00. The normalized spacial score (nSPS) is 11.4. The van der Waals surface area contributed by atoms with Crippen molar-refractivity contribution in [3.05, 3.63) is 0 Å². The summed E-state index contributed by atoms with van der Waals surface area (Å²) in [5.74, 6) is -0.833. The molecular formula is C10H22O3. The summed E-state index contributed by atoms with van der Waals surface area (Å²) in [6, 6.07) is 0. The molecule has 0 aliphatic heterocycles. The molecule has 0 spiro atoms. The maximum Gasteiger partial charge on any atom is 0.300 e. The molecule has 0 rings (SSSR count). The number of unbranched alkanes of at least 4 members (excludes halogenated alkanes) is 3. The lowest BCUT2D eigenvalue weighted by Crippen LogP contribution is -1.97. The Kier molecular flexibility index (Phi) is 13.1. The van der Waals surface area contributed by atoms with E-state index in [-0.39, 0.29) is 6.10 Å². The Morgan fingerprint density at radius 3 is 2.08 bits per heavy atom. The molecule has 0 saturated carbocycles. The average Bonchev–Trinajstić information content (AvgIpc) is 1.97. The van der Waals surface area contributed by atoms with Crippen LogP contribution >= 0.6 is 0 Å². The molecule has 0 bridgehead atoms. The number of aliphatic hydroxyl groups is 1. The van der Waals surface area contributed by atoms with Crippen LogP contribution in [0.3, 0.4) is 0 Å². The number of carboxylic acid groups (broad SMARTS) is 1. The third kappa shape index (κ3) is 34.5. The van der Waals surface area contributed by atoms with Crippen LogP contribution in [-0.4, -0.2) is 22.3 Å². The summed E-state index contributed by atoms with van der Waals surface area (Å²) in [4.78, 5) is 9.00. The van der Waals surface area contributed by atoms with Gasteiger partial charge in [-0.2, -0.15) is 0 Å². The largest absolute Gasteiger partial charge is 0.481 e. The lowest BCUT2D eigenvalue weighted by Gasteiger charge is -2.01. The van der Waals surface area contributed by atoms with Crippen molar-refractivity contribution in [3.63, 3.8) is 0 Å². The summed E-state index contributed by atoms with van der Waals surface area (Å²) in [5, 5.41) is 16.3. The second-order valence-corrected chi connectivity index (χ2v) is 3.22. The van der Waals surface area contributed by atoms with Crippen molar-refractivity contribution >= 4 is 5.97 Å². The van der Waals surface area contributed by atoms with Gasteiger partial charge in [-0.25, -0.2) is 0 Å². The molecule has 0 aromatic heterocycles. The fourth-order valence-electron chi connectivity index (χ4n) is 0.867. The first-order valence-corrected chi connectivity index (χ1v) is 4.88. The van der Waals surface area contributed by atoms with Crippen molar-refractivity contribution in [1.82, 2.24) is 0 Å². The van der Waals surface area contributed by atoms with Crippen molar-refractivity contribution in [3.8, 4) is 0 Å². The van der Waals surface area contributed by atoms with Crippen LogP contribution in [0.5, 0.6) is 0 Å². The van der Waals surface area contributed by atoms with Gasteiger partial charge >= 0.3 is 0 Å². The van der Waals surface area contributed by atoms with Gasteiger partial charge in [-0.3, -0.25) is 4.79 Å². The second kappa shape index (κ2) is 11.4. The topological polar surface area (TPSA) is 57.5 Å². The number of rotatable bonds is 5. The van der Waals surface area contributed by atoms with E-state index in [1.54, 1.807) is 0 Å². The third-order valence-electron chi connectivity index (χ3n) is 1.48. The monoisotopic (exact) mass is 190 g/mol. The number of hydrogen-bond acceptors (Lipinski definition) is 2. The number of aliphatic hydroxyl groups excluding tert-OH is 1. The van der Waals surface area contributed by atoms with Gasteiger partial charge in [0.15, 0.2) is 0 Å². The highest BCUT2D eigenvalue weighted by atomic mass is 16.4. The van der Waals surface area contributed by atoms with E-state index in [1.165, 1.54) is 25.7 Å². The fourth-order valence-corrected chi connectivity index (χ4v) is 0.867. The van der Waals surface area contributed by atoms with Crippen molar-refractivity contribution in [2.75, 3.05) is 0 Å². The summed E-state index contributed by atoms with van der Waals surface area (Å²) in [7, 11) is 0. The van der Waals surface area contributed by atoms with Gasteiger partial charge in [-0.15, -0.1) is 0 Å². The molecule has 0 aromatic rings. The van der Waals surface area contributed by atoms with Crippen molar-refractivity contribution in [2.45, 2.75) is 59.0 Å². The van der Waals surface area contributed by atoms with E-state index in [1.807, 2.05) is 6.92 Å². The predicted molar refractivity (Wildman–Crippen MR) is 53.7 cm³/mol. The first-order valence-electron chi connectivity index (χ1n) is 4.88. The van der Waals surface area contributed by atoms with Crippen LogP contribution in [0.25, 0.3) is 0 Å². The Bertz CT molecular complexity index is 107. The van der Waals surface area contributed by atoms with E-state index < -0.39 is 5.97 Å². The van der Waals surface area contributed by atoms with Gasteiger partial charge in [0, 0.05) is 6.92 Å². The zero-order valence-electron chi connectivity index (χ0n) is 8.92. The van der Waals surface area contributed by atoms with Gasteiger partial charge in [0.05, 0.1) is 6.10 Å². The van der Waals surface area contributed by atoms with Crippen molar-refractivity contribution in [1.29, 1.82) is 0 Å². The number of carboxylic acids is 1. The lowest BCUT2D eigenvalue weighted by molar-refractivity contribution is -0.134. The van der Waals surface area contributed by atoms with E-state index in [0.29, 0.717) is 0 Å². The molecule has 0 aliphatic rings. The Morgan fingerprint density at radius 1 is 1.31 bits per heavy atom. The van der Waals surface area contributed by atoms with Gasteiger partial charge < -0.3 is 10.2 Å². The smallest absolute Gasteiger partial charge is 0.300 e. The predicted octanol–water partition coefficient (Wildman–Crippen LogP) is 2.43. The molecule has 1 atom stereocenters. The van der Waals surface area contributed by atoms with Crippen LogP contribution in [0, 0.1) is 0 Å². The van der Waals surface area contributed by atoms with Crippen molar-refractivity contribution < 1.29 is 15.0 Å². The Hall–Kier alpha value is -0.570. The molecule has 0 aliphatic carbocycles. The van der Waals surface area contributed by atoms with Crippen molar-refractivity contribution in [2.24, 2.45) is 0 Å². The minimum Gasteiger partial charge on any atom is -0.481 e. The summed E-state index contributed by atoms with van der Waals surface area (Å²) in [5.41, 5.74) is 0. The van der Waals surface area contributed by atoms with Crippen LogP contribution in [0.1, 0.15) is 52.9 Å². The molecular weight excluding hydrogens is 168 g/mol. The molecule has 3 nitrogen and oxygen atoms in total. The van der Waals surface area contributed by atoms with Gasteiger partial charge in [0.1, 0.15) is 0 Å². The number of hydrogen-bond donors (Lipinski definition) is 2. The molecule has 0 heterocycles. The fraction of sp³-hybridized carbons (Fsp3) is 0.900. The maximum absolute atomic E-state index is 9.00. The molecule has 80 valence electrons. The van der Waals surface area contributed by atoms with E-state index >= 15 is 0 Å². The summed E-state index contributed by atoms with van der Waals surface area (Å²) in [6.07, 6.45) is 5.93. The summed E-state index contributed by atoms with van der Waals surface area (Å²) in [6.45, 7) is 5.13. The Morgan fingerprint density at radius 2 is 1.77 bits per heavy atom. The van der Waals surface area contributed by atoms with Crippen LogP contribution in [0.4, 0.5) is 0 Å². The minimum absolute atomic E-state index is 0.0955. The number of aliphatic carboxylic acids is 1. The average molecular weight is 190 g/mol. The Balaban J connectivity index is 0. The minimum atomic E-state index is -0.833. The molecule has 0 fully saturated rings. The highest BCUT2D eigenvalue weighted by molar-refractivity contribution is 5.62. The molecule has 2 N–H and O–H groups in total. The second-order valence-electron chi connectivity index (χ2n) is 3.22. The standard InChI is InChI=1S/C8H18O.C2H4O2/c1-3-4-5-6-7-8(2)9;1-2(3)4/h8-9H,3-7H2,1-2H3;1H3,(H,3,4). The van der Waals surface area contributed by atoms with Gasteiger partial charge in [-0.05, 0) is 13.3 Å². The van der Waals surface area contributed by atoms with Gasteiger partial charge in [-0.1, -0.05) is 32.6 Å². The first kappa shape index (κ1) is 14.9. The van der Waals surface area contributed by atoms with Gasteiger partial charge in [0.25, 0.3) is 5.97 Å². The molecule has 0 radical (unpaired) electrons.